The Balaban J connectivity index is 1.68. The number of hydrogen-bond acceptors (Lipinski definition) is 2. The van der Waals surface area contributed by atoms with Crippen LogP contribution in [0.25, 0.3) is 0 Å². The zero-order chi connectivity index (χ0) is 14.7. The molecular formula is C19H30N2. The van der Waals surface area contributed by atoms with E-state index in [2.05, 4.69) is 48.3 Å². The molecule has 2 fully saturated rings. The Morgan fingerprint density at radius 1 is 1.14 bits per heavy atom. The van der Waals surface area contributed by atoms with E-state index in [9.17, 15) is 0 Å². The van der Waals surface area contributed by atoms with E-state index in [1.54, 1.807) is 0 Å². The lowest BCUT2D eigenvalue weighted by Gasteiger charge is -2.36. The maximum absolute atomic E-state index is 3.80. The molecule has 2 aliphatic rings. The summed E-state index contributed by atoms with van der Waals surface area (Å²) in [4.78, 5) is 2.58. The molecule has 2 nitrogen and oxygen atoms in total. The lowest BCUT2D eigenvalue weighted by molar-refractivity contribution is 0.282. The Kier molecular flexibility index (Phi) is 4.54. The van der Waals surface area contributed by atoms with Crippen molar-refractivity contribution in [2.24, 2.45) is 5.41 Å². The summed E-state index contributed by atoms with van der Waals surface area (Å²) in [5.74, 6) is 0. The van der Waals surface area contributed by atoms with Crippen molar-refractivity contribution in [3.8, 4) is 0 Å². The van der Waals surface area contributed by atoms with Gasteiger partial charge in [0.05, 0.1) is 0 Å². The first-order valence-corrected chi connectivity index (χ1v) is 8.76. The Labute approximate surface area is 129 Å². The molecule has 0 aliphatic heterocycles. The fourth-order valence-electron chi connectivity index (χ4n) is 3.71. The molecule has 2 saturated carbocycles. The van der Waals surface area contributed by atoms with E-state index in [1.165, 1.54) is 62.9 Å². The number of hydrogen-bond donors (Lipinski definition) is 1. The van der Waals surface area contributed by atoms with Gasteiger partial charge in [-0.05, 0) is 51.7 Å². The van der Waals surface area contributed by atoms with Gasteiger partial charge >= 0.3 is 0 Å². The van der Waals surface area contributed by atoms with Crippen molar-refractivity contribution < 1.29 is 0 Å². The van der Waals surface area contributed by atoms with Crippen LogP contribution in [0.15, 0.2) is 24.3 Å². The van der Waals surface area contributed by atoms with Crippen molar-refractivity contribution in [3.05, 3.63) is 29.8 Å². The van der Waals surface area contributed by atoms with Gasteiger partial charge in [-0.15, -0.1) is 0 Å². The lowest BCUT2D eigenvalue weighted by Crippen LogP contribution is -2.43. The molecule has 0 unspecified atom stereocenters. The summed E-state index contributed by atoms with van der Waals surface area (Å²) in [6.07, 6.45) is 8.41. The Hall–Kier alpha value is -1.02. The van der Waals surface area contributed by atoms with Crippen molar-refractivity contribution in [2.45, 2.75) is 58.4 Å². The second-order valence-electron chi connectivity index (χ2n) is 7.21. The predicted octanol–water partition coefficient (Wildman–Crippen LogP) is 4.13. The summed E-state index contributed by atoms with van der Waals surface area (Å²) >= 11 is 0. The van der Waals surface area contributed by atoms with Gasteiger partial charge in [0, 0.05) is 36.8 Å². The molecule has 0 bridgehead atoms. The summed E-state index contributed by atoms with van der Waals surface area (Å²) in [6.45, 7) is 8.00. The third-order valence-electron chi connectivity index (χ3n) is 5.31. The van der Waals surface area contributed by atoms with Crippen LogP contribution in [0.2, 0.25) is 0 Å². The van der Waals surface area contributed by atoms with E-state index >= 15 is 0 Å². The molecule has 0 atom stereocenters. The molecule has 0 aromatic heterocycles. The average Bonchev–Trinajstić information content (AvgIpc) is 3.23. The van der Waals surface area contributed by atoms with Crippen LogP contribution >= 0.6 is 0 Å². The Morgan fingerprint density at radius 3 is 2.38 bits per heavy atom. The summed E-state index contributed by atoms with van der Waals surface area (Å²) in [7, 11) is 0. The second kappa shape index (κ2) is 6.39. The van der Waals surface area contributed by atoms with Gasteiger partial charge in [0.1, 0.15) is 0 Å². The minimum Gasteiger partial charge on any atom is -0.371 e. The maximum atomic E-state index is 3.80. The van der Waals surface area contributed by atoms with E-state index in [0.717, 1.165) is 12.6 Å². The molecule has 21 heavy (non-hydrogen) atoms. The molecule has 2 heteroatoms. The minimum atomic E-state index is 0.503. The van der Waals surface area contributed by atoms with Gasteiger partial charge in [0.25, 0.3) is 0 Å². The summed E-state index contributed by atoms with van der Waals surface area (Å²) < 4.78 is 0. The van der Waals surface area contributed by atoms with E-state index in [4.69, 9.17) is 0 Å². The van der Waals surface area contributed by atoms with Gasteiger partial charge in [0.15, 0.2) is 0 Å². The smallest absolute Gasteiger partial charge is 0.0366 e. The first-order valence-electron chi connectivity index (χ1n) is 8.76. The highest BCUT2D eigenvalue weighted by molar-refractivity contribution is 5.47. The normalized spacial score (nSPS) is 20.7. The maximum Gasteiger partial charge on any atom is 0.0366 e. The lowest BCUT2D eigenvalue weighted by atomic mass is 9.85. The fourth-order valence-corrected chi connectivity index (χ4v) is 3.71. The number of aryl methyl sites for hydroxylation is 1. The molecule has 2 aliphatic carbocycles. The SMILES string of the molecule is CCN(CC1(CNC2CC2)CCCC1)c1ccc(C)cc1. The van der Waals surface area contributed by atoms with E-state index in [0.29, 0.717) is 5.41 Å². The molecule has 1 aromatic rings. The van der Waals surface area contributed by atoms with Crippen LogP contribution in [0.5, 0.6) is 0 Å². The number of anilines is 1. The predicted molar refractivity (Wildman–Crippen MR) is 91.0 cm³/mol. The second-order valence-corrected chi connectivity index (χ2v) is 7.21. The molecule has 0 heterocycles. The molecule has 0 amide bonds. The molecular weight excluding hydrogens is 256 g/mol. The fraction of sp³-hybridized carbons (Fsp3) is 0.684. The highest BCUT2D eigenvalue weighted by Crippen LogP contribution is 2.40. The third-order valence-corrected chi connectivity index (χ3v) is 5.31. The zero-order valence-electron chi connectivity index (χ0n) is 13.7. The Bertz CT molecular complexity index is 441. The number of nitrogens with one attached hydrogen (secondary N) is 1. The van der Waals surface area contributed by atoms with Crippen LogP contribution in [0.3, 0.4) is 0 Å². The van der Waals surface area contributed by atoms with Crippen molar-refractivity contribution in [1.82, 2.24) is 5.32 Å². The van der Waals surface area contributed by atoms with Gasteiger partial charge in [-0.3, -0.25) is 0 Å². The van der Waals surface area contributed by atoms with Crippen LogP contribution in [-0.4, -0.2) is 25.7 Å². The quantitative estimate of drug-likeness (QED) is 0.810. The van der Waals surface area contributed by atoms with Crippen LogP contribution in [0, 0.1) is 12.3 Å². The topological polar surface area (TPSA) is 15.3 Å². The number of benzene rings is 1. The number of rotatable bonds is 7. The Morgan fingerprint density at radius 2 is 1.81 bits per heavy atom. The first-order chi connectivity index (χ1) is 10.2. The zero-order valence-corrected chi connectivity index (χ0v) is 13.7. The van der Waals surface area contributed by atoms with Crippen molar-refractivity contribution >= 4 is 5.69 Å². The third kappa shape index (κ3) is 3.79. The van der Waals surface area contributed by atoms with Crippen LogP contribution in [0.1, 0.15) is 51.0 Å². The van der Waals surface area contributed by atoms with E-state index in [-0.39, 0.29) is 0 Å². The highest BCUT2D eigenvalue weighted by Gasteiger charge is 2.36. The standard InChI is InChI=1S/C19H30N2/c1-3-21(18-10-6-16(2)7-11-18)15-19(12-4-5-13-19)14-20-17-8-9-17/h6-7,10-11,17,20H,3-5,8-9,12-15H2,1-2H3. The average molecular weight is 286 g/mol. The van der Waals surface area contributed by atoms with Gasteiger partial charge in [0.2, 0.25) is 0 Å². The van der Waals surface area contributed by atoms with Crippen LogP contribution < -0.4 is 10.2 Å². The van der Waals surface area contributed by atoms with Crippen molar-refractivity contribution in [3.63, 3.8) is 0 Å². The van der Waals surface area contributed by atoms with Crippen LogP contribution in [0.4, 0.5) is 5.69 Å². The minimum absolute atomic E-state index is 0.503. The molecule has 3 rings (SSSR count). The highest BCUT2D eigenvalue weighted by atomic mass is 15.1. The van der Waals surface area contributed by atoms with Gasteiger partial charge in [-0.1, -0.05) is 30.5 Å². The van der Waals surface area contributed by atoms with E-state index in [1.807, 2.05) is 0 Å². The molecule has 1 N–H and O–H groups in total. The molecule has 0 radical (unpaired) electrons. The number of nitrogens with zero attached hydrogens (tertiary/aromatic N) is 1. The molecule has 0 spiro atoms. The van der Waals surface area contributed by atoms with Crippen LogP contribution in [-0.2, 0) is 0 Å². The van der Waals surface area contributed by atoms with Crippen molar-refractivity contribution in [2.75, 3.05) is 24.5 Å². The van der Waals surface area contributed by atoms with Gasteiger partial charge in [-0.25, -0.2) is 0 Å². The summed E-state index contributed by atoms with van der Waals surface area (Å²) in [5, 5.41) is 3.80. The molecule has 116 valence electrons. The molecule has 1 aromatic carbocycles. The largest absolute Gasteiger partial charge is 0.371 e. The van der Waals surface area contributed by atoms with Crippen molar-refractivity contribution in [1.29, 1.82) is 0 Å². The first kappa shape index (κ1) is 14.9. The summed E-state index contributed by atoms with van der Waals surface area (Å²) in [6, 6.07) is 9.88. The monoisotopic (exact) mass is 286 g/mol. The summed E-state index contributed by atoms with van der Waals surface area (Å²) in [5.41, 5.74) is 3.24. The van der Waals surface area contributed by atoms with Gasteiger partial charge in [-0.2, -0.15) is 0 Å². The molecule has 0 saturated heterocycles. The van der Waals surface area contributed by atoms with Gasteiger partial charge < -0.3 is 10.2 Å². The van der Waals surface area contributed by atoms with E-state index < -0.39 is 0 Å².